The molecule has 4 nitrogen and oxygen atoms in total. The van der Waals surface area contributed by atoms with Crippen LogP contribution in [0, 0.1) is 6.92 Å². The molecule has 1 aromatic carbocycles. The zero-order valence-electron chi connectivity index (χ0n) is 13.1. The third-order valence-electron chi connectivity index (χ3n) is 3.11. The highest BCUT2D eigenvalue weighted by Gasteiger charge is 2.20. The van der Waals surface area contributed by atoms with Crippen LogP contribution in [0.3, 0.4) is 0 Å². The van der Waals surface area contributed by atoms with Gasteiger partial charge in [0.25, 0.3) is 5.91 Å². The van der Waals surface area contributed by atoms with Crippen molar-refractivity contribution in [3.8, 4) is 5.75 Å². The Bertz CT molecular complexity index is 651. The molecule has 1 heterocycles. The molecular formula is C17H22N2O2. The van der Waals surface area contributed by atoms with Gasteiger partial charge in [0.2, 0.25) is 0 Å². The van der Waals surface area contributed by atoms with E-state index in [0.29, 0.717) is 17.9 Å². The normalized spacial score (nSPS) is 10.9. The molecule has 4 heteroatoms. The maximum absolute atomic E-state index is 12.6. The Morgan fingerprint density at radius 1 is 1.33 bits per heavy atom. The number of hydrogen-bond donors (Lipinski definition) is 1. The highest BCUT2D eigenvalue weighted by Crippen LogP contribution is 2.30. The lowest BCUT2D eigenvalue weighted by Crippen LogP contribution is -2.31. The number of aromatic nitrogens is 1. The molecule has 0 aliphatic heterocycles. The molecule has 0 aliphatic carbocycles. The molecule has 112 valence electrons. The van der Waals surface area contributed by atoms with Crippen LogP contribution >= 0.6 is 0 Å². The van der Waals surface area contributed by atoms with Gasteiger partial charge in [-0.1, -0.05) is 25.1 Å². The van der Waals surface area contributed by atoms with Gasteiger partial charge in [-0.3, -0.25) is 4.79 Å². The van der Waals surface area contributed by atoms with Crippen LogP contribution in [0.15, 0.2) is 24.3 Å². The van der Waals surface area contributed by atoms with E-state index in [1.165, 1.54) is 0 Å². The maximum atomic E-state index is 12.6. The van der Waals surface area contributed by atoms with Crippen LogP contribution in [-0.4, -0.2) is 23.5 Å². The van der Waals surface area contributed by atoms with Crippen molar-refractivity contribution in [1.29, 1.82) is 0 Å². The number of nitrogens with zero attached hydrogens (tertiary/aromatic N) is 1. The molecule has 21 heavy (non-hydrogen) atoms. The average molecular weight is 286 g/mol. The van der Waals surface area contributed by atoms with Crippen LogP contribution in [-0.2, 0) is 0 Å². The second-order valence-corrected chi connectivity index (χ2v) is 5.40. The summed E-state index contributed by atoms with van der Waals surface area (Å²) in [6.07, 6.45) is 0.886. The van der Waals surface area contributed by atoms with Crippen molar-refractivity contribution in [1.82, 2.24) is 10.3 Å². The van der Waals surface area contributed by atoms with Crippen LogP contribution < -0.4 is 10.1 Å². The topological polar surface area (TPSA) is 51.2 Å². The third kappa shape index (κ3) is 3.32. The molecule has 2 rings (SSSR count). The lowest BCUT2D eigenvalue weighted by Gasteiger charge is -2.17. The standard InChI is InChI=1S/C17H22N2O2/c1-5-10-21-16-12(4)19-14-9-7-6-8-13(14)15(16)17(20)18-11(2)3/h6-9,11H,5,10H2,1-4H3,(H,18,20). The molecule has 0 saturated heterocycles. The van der Waals surface area contributed by atoms with Gasteiger partial charge in [0.15, 0.2) is 5.75 Å². The number of para-hydroxylation sites is 1. The van der Waals surface area contributed by atoms with E-state index in [2.05, 4.69) is 10.3 Å². The van der Waals surface area contributed by atoms with Gasteiger partial charge in [-0.25, -0.2) is 4.98 Å². The van der Waals surface area contributed by atoms with E-state index in [0.717, 1.165) is 23.0 Å². The summed E-state index contributed by atoms with van der Waals surface area (Å²) in [6, 6.07) is 7.73. The van der Waals surface area contributed by atoms with Gasteiger partial charge in [-0.2, -0.15) is 0 Å². The molecule has 0 aliphatic rings. The summed E-state index contributed by atoms with van der Waals surface area (Å²) in [7, 11) is 0. The number of carbonyl (C=O) groups excluding carboxylic acids is 1. The Morgan fingerprint density at radius 3 is 2.71 bits per heavy atom. The number of carbonyl (C=O) groups is 1. The van der Waals surface area contributed by atoms with Crippen molar-refractivity contribution in [2.75, 3.05) is 6.61 Å². The van der Waals surface area contributed by atoms with Crippen molar-refractivity contribution >= 4 is 16.8 Å². The van der Waals surface area contributed by atoms with Gasteiger partial charge in [0.1, 0.15) is 0 Å². The molecule has 1 amide bonds. The van der Waals surface area contributed by atoms with Crippen molar-refractivity contribution < 1.29 is 9.53 Å². The smallest absolute Gasteiger partial charge is 0.256 e. The van der Waals surface area contributed by atoms with E-state index in [1.807, 2.05) is 52.0 Å². The Labute approximate surface area is 125 Å². The lowest BCUT2D eigenvalue weighted by atomic mass is 10.1. The first-order valence-corrected chi connectivity index (χ1v) is 7.37. The van der Waals surface area contributed by atoms with Gasteiger partial charge < -0.3 is 10.1 Å². The average Bonchev–Trinajstić information content (AvgIpc) is 2.43. The fourth-order valence-corrected chi connectivity index (χ4v) is 2.26. The number of ether oxygens (including phenoxy) is 1. The van der Waals surface area contributed by atoms with Crippen LogP contribution in [0.2, 0.25) is 0 Å². The van der Waals surface area contributed by atoms with Gasteiger partial charge in [0, 0.05) is 11.4 Å². The van der Waals surface area contributed by atoms with Gasteiger partial charge in [-0.15, -0.1) is 0 Å². The maximum Gasteiger partial charge on any atom is 0.256 e. The predicted octanol–water partition coefficient (Wildman–Crippen LogP) is 3.47. The fraction of sp³-hybridized carbons (Fsp3) is 0.412. The largest absolute Gasteiger partial charge is 0.491 e. The monoisotopic (exact) mass is 286 g/mol. The lowest BCUT2D eigenvalue weighted by molar-refractivity contribution is 0.0940. The van der Waals surface area contributed by atoms with Crippen molar-refractivity contribution in [3.63, 3.8) is 0 Å². The summed E-state index contributed by atoms with van der Waals surface area (Å²) < 4.78 is 5.80. The van der Waals surface area contributed by atoms with E-state index >= 15 is 0 Å². The summed E-state index contributed by atoms with van der Waals surface area (Å²) in [6.45, 7) is 8.38. The Kier molecular flexibility index (Phi) is 4.78. The minimum absolute atomic E-state index is 0.0729. The first kappa shape index (κ1) is 15.3. The number of hydrogen-bond acceptors (Lipinski definition) is 3. The molecule has 1 aromatic heterocycles. The Morgan fingerprint density at radius 2 is 2.05 bits per heavy atom. The van der Waals surface area contributed by atoms with Crippen LogP contribution in [0.25, 0.3) is 10.9 Å². The van der Waals surface area contributed by atoms with E-state index in [1.54, 1.807) is 0 Å². The minimum atomic E-state index is -0.113. The summed E-state index contributed by atoms with van der Waals surface area (Å²) >= 11 is 0. The zero-order chi connectivity index (χ0) is 15.4. The van der Waals surface area contributed by atoms with E-state index < -0.39 is 0 Å². The van der Waals surface area contributed by atoms with Crippen LogP contribution in [0.5, 0.6) is 5.75 Å². The summed E-state index contributed by atoms with van der Waals surface area (Å²) in [5, 5.41) is 3.77. The highest BCUT2D eigenvalue weighted by molar-refractivity contribution is 6.08. The molecule has 0 fully saturated rings. The SMILES string of the molecule is CCCOc1c(C)nc2ccccc2c1C(=O)NC(C)C. The van der Waals surface area contributed by atoms with Gasteiger partial charge in [-0.05, 0) is 33.3 Å². The number of pyridine rings is 1. The van der Waals surface area contributed by atoms with Crippen molar-refractivity contribution in [2.24, 2.45) is 0 Å². The van der Waals surface area contributed by atoms with Crippen molar-refractivity contribution in [3.05, 3.63) is 35.5 Å². The molecule has 1 N–H and O–H groups in total. The molecule has 0 unspecified atom stereocenters. The first-order chi connectivity index (χ1) is 10.0. The number of rotatable bonds is 5. The van der Waals surface area contributed by atoms with Gasteiger partial charge >= 0.3 is 0 Å². The molecule has 0 spiro atoms. The fourth-order valence-electron chi connectivity index (χ4n) is 2.26. The summed E-state index contributed by atoms with van der Waals surface area (Å²) in [5.74, 6) is 0.478. The van der Waals surface area contributed by atoms with Crippen LogP contribution in [0.1, 0.15) is 43.2 Å². The van der Waals surface area contributed by atoms with Crippen LogP contribution in [0.4, 0.5) is 0 Å². The second kappa shape index (κ2) is 6.57. The van der Waals surface area contributed by atoms with E-state index in [4.69, 9.17) is 4.74 Å². The quantitative estimate of drug-likeness (QED) is 0.915. The molecule has 0 bridgehead atoms. The first-order valence-electron chi connectivity index (χ1n) is 7.37. The number of benzene rings is 1. The number of nitrogens with one attached hydrogen (secondary N) is 1. The molecule has 0 atom stereocenters. The molecule has 0 radical (unpaired) electrons. The van der Waals surface area contributed by atoms with Gasteiger partial charge in [0.05, 0.1) is 23.4 Å². The van der Waals surface area contributed by atoms with E-state index in [-0.39, 0.29) is 11.9 Å². The molecular weight excluding hydrogens is 264 g/mol. The van der Waals surface area contributed by atoms with Crippen molar-refractivity contribution in [2.45, 2.75) is 40.2 Å². The number of fused-ring (bicyclic) bond motifs is 1. The third-order valence-corrected chi connectivity index (χ3v) is 3.11. The van der Waals surface area contributed by atoms with E-state index in [9.17, 15) is 4.79 Å². The number of amides is 1. The molecule has 2 aromatic rings. The summed E-state index contributed by atoms with van der Waals surface area (Å²) in [5.41, 5.74) is 2.14. The second-order valence-electron chi connectivity index (χ2n) is 5.40. The predicted molar refractivity (Wildman–Crippen MR) is 84.9 cm³/mol. The molecule has 0 saturated carbocycles. The Balaban J connectivity index is 2.62. The Hall–Kier alpha value is -2.10. The highest BCUT2D eigenvalue weighted by atomic mass is 16.5. The number of aryl methyl sites for hydroxylation is 1. The zero-order valence-corrected chi connectivity index (χ0v) is 13.1. The minimum Gasteiger partial charge on any atom is -0.491 e. The summed E-state index contributed by atoms with van der Waals surface area (Å²) in [4.78, 5) is 17.1.